The van der Waals surface area contributed by atoms with Crippen molar-refractivity contribution in [3.8, 4) is 5.06 Å². The summed E-state index contributed by atoms with van der Waals surface area (Å²) in [6, 6.07) is 6.47. The lowest BCUT2D eigenvalue weighted by atomic mass is 9.92. The van der Waals surface area contributed by atoms with Crippen molar-refractivity contribution in [2.24, 2.45) is 0 Å². The predicted octanol–water partition coefficient (Wildman–Crippen LogP) is 1.50. The van der Waals surface area contributed by atoms with E-state index in [4.69, 9.17) is 4.74 Å². The summed E-state index contributed by atoms with van der Waals surface area (Å²) in [6.07, 6.45) is 1.56. The van der Waals surface area contributed by atoms with Crippen molar-refractivity contribution in [1.29, 1.82) is 0 Å². The minimum absolute atomic E-state index is 0.0600. The van der Waals surface area contributed by atoms with Gasteiger partial charge in [-0.25, -0.2) is 9.78 Å². The van der Waals surface area contributed by atoms with Gasteiger partial charge in [0.15, 0.2) is 15.8 Å². The van der Waals surface area contributed by atoms with Crippen molar-refractivity contribution in [2.45, 2.75) is 12.0 Å². The Hall–Kier alpha value is -2.65. The number of carbonyl (C=O) groups is 2. The molecule has 1 aromatic heterocycles. The Morgan fingerprint density at radius 1 is 1.46 bits per heavy atom. The Balaban J connectivity index is 1.56. The lowest BCUT2D eigenvalue weighted by molar-refractivity contribution is -0.134. The average Bonchev–Trinajstić information content (AvgIpc) is 3.11. The number of nitrogens with one attached hydrogen (secondary N) is 3. The van der Waals surface area contributed by atoms with Crippen LogP contribution in [-0.2, 0) is 10.4 Å². The topological polar surface area (TPSA) is 113 Å². The Bertz CT molecular complexity index is 778. The van der Waals surface area contributed by atoms with Crippen molar-refractivity contribution in [1.82, 2.24) is 10.3 Å². The number of hydrogen-bond acceptors (Lipinski definition) is 6. The maximum absolute atomic E-state index is 12.0. The largest absolute Gasteiger partial charge is 0.486 e. The molecule has 1 aliphatic heterocycles. The second kappa shape index (κ2) is 6.46. The number of rotatable bonds is 5. The van der Waals surface area contributed by atoms with Gasteiger partial charge in [-0.1, -0.05) is 29.5 Å². The number of nitrogens with zero attached hydrogens (tertiary/aromatic N) is 1. The number of methoxy groups -OCH3 is 1. The number of amides is 3. The zero-order chi connectivity index (χ0) is 17.2. The van der Waals surface area contributed by atoms with Gasteiger partial charge in [-0.3, -0.25) is 10.1 Å². The van der Waals surface area contributed by atoms with Crippen molar-refractivity contribution < 1.29 is 19.4 Å². The molecule has 24 heavy (non-hydrogen) atoms. The average molecular weight is 348 g/mol. The van der Waals surface area contributed by atoms with Crippen molar-refractivity contribution in [2.75, 3.05) is 24.3 Å². The molecule has 1 atom stereocenters. The van der Waals surface area contributed by atoms with Crippen LogP contribution in [0.3, 0.4) is 0 Å². The number of urea groups is 1. The Morgan fingerprint density at radius 2 is 2.25 bits per heavy atom. The van der Waals surface area contributed by atoms with Crippen LogP contribution < -0.4 is 20.7 Å². The first-order chi connectivity index (χ1) is 11.5. The molecule has 0 saturated heterocycles. The van der Waals surface area contributed by atoms with Gasteiger partial charge >= 0.3 is 6.03 Å². The number of benzene rings is 1. The standard InChI is InChI=1S/C15H16N4O4S/c1-23-11-8-17-14(24-11)19-13(21)16-7-6-15(22)9-4-2-3-5-10(9)18-12(15)20/h2-5,8,22H,6-7H2,1H3,(H,18,20)(H2,16,17,19,21)/t15-/m0/s1. The number of aliphatic hydroxyl groups is 1. The SMILES string of the molecule is COc1cnc(NC(=O)NCC[C@@]2(O)C(=O)Nc3ccccc32)s1. The van der Waals surface area contributed by atoms with Crippen LogP contribution in [0.15, 0.2) is 30.5 Å². The number of hydrogen-bond donors (Lipinski definition) is 4. The predicted molar refractivity (Wildman–Crippen MR) is 89.3 cm³/mol. The summed E-state index contributed by atoms with van der Waals surface area (Å²) in [7, 11) is 1.52. The summed E-state index contributed by atoms with van der Waals surface area (Å²) in [6.45, 7) is 0.118. The number of aromatic nitrogens is 1. The quantitative estimate of drug-likeness (QED) is 0.654. The van der Waals surface area contributed by atoms with Crippen LogP contribution in [-0.4, -0.2) is 35.7 Å². The Labute approximate surface area is 141 Å². The number of para-hydroxylation sites is 1. The fraction of sp³-hybridized carbons (Fsp3) is 0.267. The van der Waals surface area contributed by atoms with Crippen LogP contribution in [0.5, 0.6) is 5.06 Å². The summed E-state index contributed by atoms with van der Waals surface area (Å²) in [5.41, 5.74) is -0.542. The van der Waals surface area contributed by atoms with Gasteiger partial charge in [0.05, 0.1) is 13.3 Å². The molecule has 0 spiro atoms. The molecule has 3 rings (SSSR count). The normalized spacial score (nSPS) is 18.7. The molecule has 0 bridgehead atoms. The van der Waals surface area contributed by atoms with Crippen molar-refractivity contribution in [3.63, 3.8) is 0 Å². The molecule has 2 heterocycles. The monoisotopic (exact) mass is 348 g/mol. The molecular weight excluding hydrogens is 332 g/mol. The fourth-order valence-electron chi connectivity index (χ4n) is 2.46. The van der Waals surface area contributed by atoms with Gasteiger partial charge in [-0.2, -0.15) is 0 Å². The zero-order valence-corrected chi connectivity index (χ0v) is 13.6. The summed E-state index contributed by atoms with van der Waals surface area (Å²) in [4.78, 5) is 27.9. The number of thiazole rings is 1. The van der Waals surface area contributed by atoms with Crippen LogP contribution in [0.1, 0.15) is 12.0 Å². The molecule has 2 aromatic rings. The van der Waals surface area contributed by atoms with Crippen LogP contribution in [0, 0.1) is 0 Å². The van der Waals surface area contributed by atoms with E-state index in [1.807, 2.05) is 0 Å². The van der Waals surface area contributed by atoms with Crippen LogP contribution >= 0.6 is 11.3 Å². The van der Waals surface area contributed by atoms with Gasteiger partial charge in [0.2, 0.25) is 0 Å². The minimum Gasteiger partial charge on any atom is -0.486 e. The van der Waals surface area contributed by atoms with Gasteiger partial charge in [0.1, 0.15) is 0 Å². The van der Waals surface area contributed by atoms with Gasteiger partial charge in [-0.05, 0) is 6.07 Å². The number of fused-ring (bicyclic) bond motifs is 1. The molecule has 3 amide bonds. The lowest BCUT2D eigenvalue weighted by Crippen LogP contribution is -2.39. The van der Waals surface area contributed by atoms with Gasteiger partial charge in [-0.15, -0.1) is 0 Å². The maximum atomic E-state index is 12.0. The Morgan fingerprint density at radius 3 is 3.00 bits per heavy atom. The number of ether oxygens (including phenoxy) is 1. The van der Waals surface area contributed by atoms with Gasteiger partial charge < -0.3 is 20.5 Å². The fourth-order valence-corrected chi connectivity index (χ4v) is 3.09. The molecule has 4 N–H and O–H groups in total. The highest BCUT2D eigenvalue weighted by Crippen LogP contribution is 2.37. The van der Waals surface area contributed by atoms with Gasteiger partial charge in [0.25, 0.3) is 5.91 Å². The zero-order valence-electron chi connectivity index (χ0n) is 12.8. The molecule has 126 valence electrons. The molecule has 0 aliphatic carbocycles. The first kappa shape index (κ1) is 16.2. The molecule has 0 fully saturated rings. The van der Waals surface area contributed by atoms with E-state index >= 15 is 0 Å². The van der Waals surface area contributed by atoms with Crippen molar-refractivity contribution >= 4 is 34.1 Å². The number of anilines is 2. The van der Waals surface area contributed by atoms with E-state index in [1.54, 1.807) is 24.3 Å². The first-order valence-electron chi connectivity index (χ1n) is 7.21. The second-order valence-electron chi connectivity index (χ2n) is 5.18. The molecule has 9 heteroatoms. The number of carbonyl (C=O) groups excluding carboxylic acids is 2. The van der Waals surface area contributed by atoms with E-state index in [0.717, 1.165) is 0 Å². The molecule has 8 nitrogen and oxygen atoms in total. The molecule has 0 saturated carbocycles. The highest BCUT2D eigenvalue weighted by molar-refractivity contribution is 7.17. The molecule has 0 unspecified atom stereocenters. The van der Waals surface area contributed by atoms with Gasteiger partial charge in [0, 0.05) is 24.2 Å². The highest BCUT2D eigenvalue weighted by Gasteiger charge is 2.44. The van der Waals surface area contributed by atoms with Crippen LogP contribution in [0.4, 0.5) is 15.6 Å². The summed E-state index contributed by atoms with van der Waals surface area (Å²) >= 11 is 1.19. The molecule has 1 aromatic carbocycles. The minimum atomic E-state index is -1.64. The van der Waals surface area contributed by atoms with E-state index in [-0.39, 0.29) is 13.0 Å². The van der Waals surface area contributed by atoms with E-state index in [0.29, 0.717) is 21.4 Å². The summed E-state index contributed by atoms with van der Waals surface area (Å²) in [5.74, 6) is -0.490. The lowest BCUT2D eigenvalue weighted by Gasteiger charge is -2.20. The second-order valence-corrected chi connectivity index (χ2v) is 6.17. The van der Waals surface area contributed by atoms with Crippen molar-refractivity contribution in [3.05, 3.63) is 36.0 Å². The molecular formula is C15H16N4O4S. The van der Waals surface area contributed by atoms with Crippen LogP contribution in [0.25, 0.3) is 0 Å². The molecule has 0 radical (unpaired) electrons. The third-order valence-electron chi connectivity index (χ3n) is 3.67. The van der Waals surface area contributed by atoms with E-state index in [2.05, 4.69) is 20.9 Å². The van der Waals surface area contributed by atoms with Crippen LogP contribution in [0.2, 0.25) is 0 Å². The van der Waals surface area contributed by atoms with E-state index < -0.39 is 17.5 Å². The highest BCUT2D eigenvalue weighted by atomic mass is 32.1. The molecule has 1 aliphatic rings. The summed E-state index contributed by atoms with van der Waals surface area (Å²) in [5, 5.41) is 19.4. The third kappa shape index (κ3) is 3.03. The smallest absolute Gasteiger partial charge is 0.321 e. The van der Waals surface area contributed by atoms with E-state index in [1.165, 1.54) is 24.6 Å². The Kier molecular flexibility index (Phi) is 4.36. The summed E-state index contributed by atoms with van der Waals surface area (Å²) < 4.78 is 4.99. The third-order valence-corrected chi connectivity index (χ3v) is 4.55. The first-order valence-corrected chi connectivity index (χ1v) is 8.02. The maximum Gasteiger partial charge on any atom is 0.321 e. The van der Waals surface area contributed by atoms with E-state index in [9.17, 15) is 14.7 Å².